The molecule has 0 aromatic carbocycles. The van der Waals surface area contributed by atoms with Crippen molar-refractivity contribution in [2.24, 2.45) is 10.9 Å². The highest BCUT2D eigenvalue weighted by Gasteiger charge is 2.35. The van der Waals surface area contributed by atoms with E-state index in [2.05, 4.69) is 4.99 Å². The normalized spacial score (nSPS) is 32.8. The molecule has 12 heavy (non-hydrogen) atoms. The van der Waals surface area contributed by atoms with Crippen molar-refractivity contribution < 1.29 is 9.90 Å². The number of nitrogens with zero attached hydrogens (tertiary/aromatic N) is 1. The lowest BCUT2D eigenvalue weighted by Gasteiger charge is -2.18. The minimum absolute atomic E-state index is 0.150. The Morgan fingerprint density at radius 2 is 2.58 bits per heavy atom. The lowest BCUT2D eigenvalue weighted by Crippen LogP contribution is -2.28. The van der Waals surface area contributed by atoms with Gasteiger partial charge in [-0.25, -0.2) is 4.79 Å². The summed E-state index contributed by atoms with van der Waals surface area (Å²) in [7, 11) is 0. The predicted octanol–water partition coefficient (Wildman–Crippen LogP) is 1.16. The monoisotopic (exact) mass is 183 g/mol. The van der Waals surface area contributed by atoms with Crippen molar-refractivity contribution in [3.8, 4) is 0 Å². The standard InChI is InChI=1S/C8H9NO2S/c10-8(11)7-5-2-4-12-6(5)1-3-9-7/h1,3,5,7H,2,4H2,(H,10,11). The molecule has 2 aliphatic rings. The van der Waals surface area contributed by atoms with Crippen LogP contribution in [0.1, 0.15) is 6.42 Å². The average Bonchev–Trinajstić information content (AvgIpc) is 2.49. The molecule has 2 unspecified atom stereocenters. The van der Waals surface area contributed by atoms with Gasteiger partial charge in [-0.05, 0) is 23.2 Å². The van der Waals surface area contributed by atoms with E-state index in [1.165, 1.54) is 4.91 Å². The maximum atomic E-state index is 10.7. The van der Waals surface area contributed by atoms with Gasteiger partial charge < -0.3 is 5.11 Å². The molecular formula is C8H9NO2S. The number of dihydropyridines is 1. The van der Waals surface area contributed by atoms with Crippen LogP contribution in [0, 0.1) is 5.92 Å². The summed E-state index contributed by atoms with van der Waals surface area (Å²) in [5.74, 6) is 0.380. The van der Waals surface area contributed by atoms with Crippen LogP contribution in [0.4, 0.5) is 0 Å². The molecule has 2 rings (SSSR count). The molecule has 3 nitrogen and oxygen atoms in total. The summed E-state index contributed by atoms with van der Waals surface area (Å²) in [5.41, 5.74) is 0. The van der Waals surface area contributed by atoms with Gasteiger partial charge in [-0.3, -0.25) is 4.99 Å². The molecule has 2 atom stereocenters. The van der Waals surface area contributed by atoms with E-state index in [4.69, 9.17) is 5.11 Å². The van der Waals surface area contributed by atoms with Crippen LogP contribution in [0.25, 0.3) is 0 Å². The first-order valence-corrected chi connectivity index (χ1v) is 4.86. The molecule has 0 aliphatic carbocycles. The van der Waals surface area contributed by atoms with E-state index >= 15 is 0 Å². The Kier molecular flexibility index (Phi) is 1.92. The SMILES string of the molecule is O=C(O)C1N=CC=C2SCCC21. The first-order valence-electron chi connectivity index (χ1n) is 3.88. The average molecular weight is 183 g/mol. The number of hydrogen-bond donors (Lipinski definition) is 1. The molecule has 0 aromatic heterocycles. The molecule has 0 amide bonds. The Balaban J connectivity index is 2.24. The van der Waals surface area contributed by atoms with Crippen molar-refractivity contribution in [3.05, 3.63) is 11.0 Å². The van der Waals surface area contributed by atoms with E-state index in [-0.39, 0.29) is 5.92 Å². The zero-order chi connectivity index (χ0) is 8.55. The number of carbonyl (C=O) groups is 1. The maximum absolute atomic E-state index is 10.7. The highest BCUT2D eigenvalue weighted by molar-refractivity contribution is 8.03. The lowest BCUT2D eigenvalue weighted by atomic mass is 9.95. The van der Waals surface area contributed by atoms with Gasteiger partial charge in [-0.15, -0.1) is 11.8 Å². The Morgan fingerprint density at radius 3 is 3.33 bits per heavy atom. The second kappa shape index (κ2) is 2.94. The molecule has 1 fully saturated rings. The highest BCUT2D eigenvalue weighted by atomic mass is 32.2. The molecule has 2 heterocycles. The van der Waals surface area contributed by atoms with Crippen molar-refractivity contribution in [1.29, 1.82) is 0 Å². The zero-order valence-electron chi connectivity index (χ0n) is 6.43. The van der Waals surface area contributed by atoms with Crippen molar-refractivity contribution >= 4 is 23.9 Å². The third-order valence-corrected chi connectivity index (χ3v) is 3.39. The largest absolute Gasteiger partial charge is 0.480 e. The van der Waals surface area contributed by atoms with Crippen LogP contribution in [-0.2, 0) is 4.79 Å². The van der Waals surface area contributed by atoms with Gasteiger partial charge in [0.15, 0.2) is 6.04 Å². The minimum atomic E-state index is -0.802. The quantitative estimate of drug-likeness (QED) is 0.663. The molecule has 64 valence electrons. The van der Waals surface area contributed by atoms with Gasteiger partial charge in [0.2, 0.25) is 0 Å². The van der Waals surface area contributed by atoms with Crippen LogP contribution in [0.2, 0.25) is 0 Å². The molecule has 0 bridgehead atoms. The fraction of sp³-hybridized carbons (Fsp3) is 0.500. The van der Waals surface area contributed by atoms with Gasteiger partial charge in [-0.1, -0.05) is 0 Å². The summed E-state index contributed by atoms with van der Waals surface area (Å²) < 4.78 is 0. The van der Waals surface area contributed by atoms with Crippen LogP contribution < -0.4 is 0 Å². The highest BCUT2D eigenvalue weighted by Crippen LogP contribution is 2.40. The van der Waals surface area contributed by atoms with Gasteiger partial charge in [-0.2, -0.15) is 0 Å². The number of aliphatic carboxylic acids is 1. The molecule has 0 spiro atoms. The van der Waals surface area contributed by atoms with Crippen molar-refractivity contribution in [2.75, 3.05) is 5.75 Å². The number of hydrogen-bond acceptors (Lipinski definition) is 3. The summed E-state index contributed by atoms with van der Waals surface area (Å²) >= 11 is 1.75. The number of fused-ring (bicyclic) bond motifs is 1. The predicted molar refractivity (Wildman–Crippen MR) is 48.6 cm³/mol. The number of rotatable bonds is 1. The molecule has 1 saturated heterocycles. The Hall–Kier alpha value is -0.770. The van der Waals surface area contributed by atoms with Crippen LogP contribution in [0.5, 0.6) is 0 Å². The molecule has 2 aliphatic heterocycles. The van der Waals surface area contributed by atoms with E-state index in [1.54, 1.807) is 18.0 Å². The third kappa shape index (κ3) is 1.16. The number of allylic oxidation sites excluding steroid dienone is 1. The van der Waals surface area contributed by atoms with Crippen molar-refractivity contribution in [3.63, 3.8) is 0 Å². The van der Waals surface area contributed by atoms with E-state index < -0.39 is 12.0 Å². The van der Waals surface area contributed by atoms with Gasteiger partial charge in [0.1, 0.15) is 0 Å². The fourth-order valence-corrected chi connectivity index (χ4v) is 2.81. The van der Waals surface area contributed by atoms with Crippen LogP contribution in [0.15, 0.2) is 16.0 Å². The Labute approximate surface area is 74.6 Å². The second-order valence-electron chi connectivity index (χ2n) is 2.89. The van der Waals surface area contributed by atoms with E-state index in [0.717, 1.165) is 12.2 Å². The number of aliphatic imine (C=N–C) groups is 1. The summed E-state index contributed by atoms with van der Waals surface area (Å²) in [5, 5.41) is 8.84. The summed E-state index contributed by atoms with van der Waals surface area (Å²) in [6.07, 6.45) is 4.50. The summed E-state index contributed by atoms with van der Waals surface area (Å²) in [4.78, 5) is 15.9. The third-order valence-electron chi connectivity index (χ3n) is 2.18. The maximum Gasteiger partial charge on any atom is 0.329 e. The lowest BCUT2D eigenvalue weighted by molar-refractivity contribution is -0.139. The summed E-state index contributed by atoms with van der Waals surface area (Å²) in [6, 6.07) is -0.528. The number of thioether (sulfide) groups is 1. The molecule has 0 saturated carbocycles. The van der Waals surface area contributed by atoms with Crippen LogP contribution in [-0.4, -0.2) is 29.1 Å². The van der Waals surface area contributed by atoms with E-state index in [0.29, 0.717) is 0 Å². The van der Waals surface area contributed by atoms with Crippen LogP contribution >= 0.6 is 11.8 Å². The molecule has 0 radical (unpaired) electrons. The number of carboxylic acid groups (broad SMARTS) is 1. The van der Waals surface area contributed by atoms with E-state index in [9.17, 15) is 4.79 Å². The van der Waals surface area contributed by atoms with Gasteiger partial charge in [0.25, 0.3) is 0 Å². The molecule has 4 heteroatoms. The number of carboxylic acids is 1. The Morgan fingerprint density at radius 1 is 1.75 bits per heavy atom. The smallest absolute Gasteiger partial charge is 0.329 e. The van der Waals surface area contributed by atoms with Crippen molar-refractivity contribution in [2.45, 2.75) is 12.5 Å². The minimum Gasteiger partial charge on any atom is -0.480 e. The molecule has 0 aromatic rings. The topological polar surface area (TPSA) is 49.7 Å². The fourth-order valence-electron chi connectivity index (χ4n) is 1.59. The Bertz CT molecular complexity index is 272. The zero-order valence-corrected chi connectivity index (χ0v) is 7.25. The van der Waals surface area contributed by atoms with Gasteiger partial charge in [0, 0.05) is 12.1 Å². The van der Waals surface area contributed by atoms with Gasteiger partial charge >= 0.3 is 5.97 Å². The van der Waals surface area contributed by atoms with Crippen molar-refractivity contribution in [1.82, 2.24) is 0 Å². The molecular weight excluding hydrogens is 174 g/mol. The van der Waals surface area contributed by atoms with Gasteiger partial charge in [0.05, 0.1) is 0 Å². The first-order chi connectivity index (χ1) is 5.79. The summed E-state index contributed by atoms with van der Waals surface area (Å²) in [6.45, 7) is 0. The second-order valence-corrected chi connectivity index (χ2v) is 4.06. The van der Waals surface area contributed by atoms with Crippen LogP contribution in [0.3, 0.4) is 0 Å². The molecule has 1 N–H and O–H groups in total. The first kappa shape index (κ1) is 7.86. The van der Waals surface area contributed by atoms with E-state index in [1.807, 2.05) is 6.08 Å².